The Kier molecular flexibility index (Phi) is 6.74. The molecule has 3 aromatic carbocycles. The van der Waals surface area contributed by atoms with Gasteiger partial charge in [-0.15, -0.1) is 0 Å². The predicted molar refractivity (Wildman–Crippen MR) is 117 cm³/mol. The molecule has 7 heteroatoms. The molecule has 3 rings (SSSR count). The third kappa shape index (κ3) is 5.84. The van der Waals surface area contributed by atoms with E-state index in [0.29, 0.717) is 17.9 Å². The summed E-state index contributed by atoms with van der Waals surface area (Å²) in [7, 11) is -3.67. The lowest BCUT2D eigenvalue weighted by molar-refractivity contribution is 0.0926. The number of nitrogens with one attached hydrogen (secondary N) is 2. The Morgan fingerprint density at radius 1 is 0.933 bits per heavy atom. The van der Waals surface area contributed by atoms with Crippen LogP contribution in [-0.2, 0) is 10.0 Å². The van der Waals surface area contributed by atoms with Gasteiger partial charge in [-0.1, -0.05) is 35.9 Å². The monoisotopic (exact) mass is 424 g/mol. The van der Waals surface area contributed by atoms with Crippen molar-refractivity contribution in [2.24, 2.45) is 0 Å². The third-order valence-electron chi connectivity index (χ3n) is 4.35. The van der Waals surface area contributed by atoms with Crippen LogP contribution in [0, 0.1) is 6.92 Å². The first-order valence-electron chi connectivity index (χ1n) is 9.52. The van der Waals surface area contributed by atoms with Crippen LogP contribution in [0.2, 0.25) is 0 Å². The van der Waals surface area contributed by atoms with E-state index in [2.05, 4.69) is 10.0 Å². The van der Waals surface area contributed by atoms with Crippen molar-refractivity contribution in [2.45, 2.75) is 24.8 Å². The number of benzene rings is 3. The molecule has 0 aliphatic rings. The molecule has 1 amide bonds. The van der Waals surface area contributed by atoms with Crippen molar-refractivity contribution >= 4 is 21.6 Å². The molecule has 0 saturated heterocycles. The number of ether oxygens (including phenoxy) is 1. The standard InChI is InChI=1S/C23H24N2O4S/c1-17-8-14-21(15-9-17)29-16-18(2)24-23(26)19-10-12-20(13-11-19)25-30(27,28)22-6-4-3-5-7-22/h3-15,18,25H,16H2,1-2H3,(H,24,26). The summed E-state index contributed by atoms with van der Waals surface area (Å²) in [5.74, 6) is 0.490. The zero-order valence-corrected chi connectivity index (χ0v) is 17.6. The lowest BCUT2D eigenvalue weighted by atomic mass is 10.2. The van der Waals surface area contributed by atoms with Gasteiger partial charge in [0.2, 0.25) is 0 Å². The minimum absolute atomic E-state index is 0.175. The Bertz CT molecular complexity index is 1080. The number of carbonyl (C=O) groups excluding carboxylic acids is 1. The Hall–Kier alpha value is -3.32. The van der Waals surface area contributed by atoms with Crippen LogP contribution in [0.25, 0.3) is 0 Å². The van der Waals surface area contributed by atoms with Gasteiger partial charge in [0, 0.05) is 11.3 Å². The summed E-state index contributed by atoms with van der Waals surface area (Å²) >= 11 is 0. The van der Waals surface area contributed by atoms with E-state index in [1.807, 2.05) is 38.1 Å². The Labute approximate surface area is 177 Å². The third-order valence-corrected chi connectivity index (χ3v) is 5.75. The van der Waals surface area contributed by atoms with E-state index in [0.717, 1.165) is 11.3 Å². The van der Waals surface area contributed by atoms with Crippen LogP contribution in [0.1, 0.15) is 22.8 Å². The van der Waals surface area contributed by atoms with Crippen molar-refractivity contribution in [3.8, 4) is 5.75 Å². The highest BCUT2D eigenvalue weighted by Gasteiger charge is 2.14. The lowest BCUT2D eigenvalue weighted by Gasteiger charge is -2.15. The van der Waals surface area contributed by atoms with Crippen molar-refractivity contribution in [3.63, 3.8) is 0 Å². The minimum Gasteiger partial charge on any atom is -0.491 e. The van der Waals surface area contributed by atoms with Crippen LogP contribution >= 0.6 is 0 Å². The minimum atomic E-state index is -3.67. The van der Waals surface area contributed by atoms with Crippen molar-refractivity contribution in [1.29, 1.82) is 0 Å². The SMILES string of the molecule is Cc1ccc(OCC(C)NC(=O)c2ccc(NS(=O)(=O)c3ccccc3)cc2)cc1. The molecule has 0 aromatic heterocycles. The second-order valence-corrected chi connectivity index (χ2v) is 8.68. The van der Waals surface area contributed by atoms with Gasteiger partial charge in [-0.05, 0) is 62.4 Å². The van der Waals surface area contributed by atoms with E-state index >= 15 is 0 Å². The molecule has 1 unspecified atom stereocenters. The van der Waals surface area contributed by atoms with Crippen LogP contribution < -0.4 is 14.8 Å². The predicted octanol–water partition coefficient (Wildman–Crippen LogP) is 3.99. The topological polar surface area (TPSA) is 84.5 Å². The molecule has 0 bridgehead atoms. The summed E-state index contributed by atoms with van der Waals surface area (Å²) < 4.78 is 32.9. The first-order valence-corrected chi connectivity index (χ1v) is 11.0. The van der Waals surface area contributed by atoms with Crippen LogP contribution in [0.4, 0.5) is 5.69 Å². The molecule has 0 heterocycles. The first kappa shape index (κ1) is 21.4. The molecule has 2 N–H and O–H groups in total. The van der Waals surface area contributed by atoms with Crippen molar-refractivity contribution in [3.05, 3.63) is 90.0 Å². The molecule has 156 valence electrons. The van der Waals surface area contributed by atoms with Gasteiger partial charge in [-0.25, -0.2) is 8.42 Å². The lowest BCUT2D eigenvalue weighted by Crippen LogP contribution is -2.36. The van der Waals surface area contributed by atoms with Crippen LogP contribution in [0.5, 0.6) is 5.75 Å². The normalized spacial score (nSPS) is 12.1. The Balaban J connectivity index is 1.55. The number of hydrogen-bond acceptors (Lipinski definition) is 4. The number of anilines is 1. The quantitative estimate of drug-likeness (QED) is 0.573. The number of hydrogen-bond donors (Lipinski definition) is 2. The summed E-state index contributed by atoms with van der Waals surface area (Å²) in [6.07, 6.45) is 0. The highest BCUT2D eigenvalue weighted by atomic mass is 32.2. The largest absolute Gasteiger partial charge is 0.491 e. The van der Waals surface area contributed by atoms with Gasteiger partial charge in [0.1, 0.15) is 12.4 Å². The smallest absolute Gasteiger partial charge is 0.261 e. The molecule has 0 radical (unpaired) electrons. The summed E-state index contributed by atoms with van der Waals surface area (Å²) in [6, 6.07) is 21.9. The molecule has 0 fully saturated rings. The number of sulfonamides is 1. The van der Waals surface area contributed by atoms with Gasteiger partial charge in [0.15, 0.2) is 0 Å². The second-order valence-electron chi connectivity index (χ2n) is 6.99. The van der Waals surface area contributed by atoms with Crippen LogP contribution in [0.3, 0.4) is 0 Å². The number of amides is 1. The van der Waals surface area contributed by atoms with E-state index in [1.54, 1.807) is 42.5 Å². The molecule has 0 spiro atoms. The van der Waals surface area contributed by atoms with Gasteiger partial charge < -0.3 is 10.1 Å². The zero-order valence-electron chi connectivity index (χ0n) is 16.8. The van der Waals surface area contributed by atoms with E-state index < -0.39 is 10.0 Å². The van der Waals surface area contributed by atoms with Gasteiger partial charge >= 0.3 is 0 Å². The summed E-state index contributed by atoms with van der Waals surface area (Å²) in [4.78, 5) is 12.6. The maximum absolute atomic E-state index is 12.4. The molecule has 6 nitrogen and oxygen atoms in total. The fourth-order valence-corrected chi connectivity index (χ4v) is 3.79. The zero-order chi connectivity index (χ0) is 21.6. The second kappa shape index (κ2) is 9.45. The van der Waals surface area contributed by atoms with Crippen molar-refractivity contribution in [1.82, 2.24) is 5.32 Å². The fourth-order valence-electron chi connectivity index (χ4n) is 2.71. The first-order chi connectivity index (χ1) is 14.3. The van der Waals surface area contributed by atoms with E-state index in [4.69, 9.17) is 4.74 Å². The maximum atomic E-state index is 12.4. The number of rotatable bonds is 8. The Morgan fingerprint density at radius 3 is 2.20 bits per heavy atom. The highest BCUT2D eigenvalue weighted by Crippen LogP contribution is 2.17. The molecule has 0 aliphatic heterocycles. The fraction of sp³-hybridized carbons (Fsp3) is 0.174. The van der Waals surface area contributed by atoms with Gasteiger partial charge in [0.05, 0.1) is 10.9 Å². The van der Waals surface area contributed by atoms with E-state index in [9.17, 15) is 13.2 Å². The molecule has 0 saturated carbocycles. The Morgan fingerprint density at radius 2 is 1.57 bits per heavy atom. The van der Waals surface area contributed by atoms with Crippen LogP contribution in [0.15, 0.2) is 83.8 Å². The average Bonchev–Trinajstić information content (AvgIpc) is 2.74. The summed E-state index contributed by atoms with van der Waals surface area (Å²) in [6.45, 7) is 4.20. The highest BCUT2D eigenvalue weighted by molar-refractivity contribution is 7.92. The molecule has 3 aromatic rings. The van der Waals surface area contributed by atoms with E-state index in [-0.39, 0.29) is 16.8 Å². The van der Waals surface area contributed by atoms with Crippen LogP contribution in [-0.4, -0.2) is 27.0 Å². The number of aryl methyl sites for hydroxylation is 1. The van der Waals surface area contributed by atoms with Gasteiger partial charge in [-0.2, -0.15) is 0 Å². The average molecular weight is 425 g/mol. The van der Waals surface area contributed by atoms with Gasteiger partial charge in [0.25, 0.3) is 15.9 Å². The maximum Gasteiger partial charge on any atom is 0.261 e. The molecular weight excluding hydrogens is 400 g/mol. The van der Waals surface area contributed by atoms with Crippen molar-refractivity contribution < 1.29 is 17.9 Å². The molecular formula is C23H24N2O4S. The molecule has 0 aliphatic carbocycles. The van der Waals surface area contributed by atoms with Gasteiger partial charge in [-0.3, -0.25) is 9.52 Å². The van der Waals surface area contributed by atoms with Crippen molar-refractivity contribution in [2.75, 3.05) is 11.3 Å². The molecule has 1 atom stereocenters. The van der Waals surface area contributed by atoms with E-state index in [1.165, 1.54) is 12.1 Å². The number of carbonyl (C=O) groups is 1. The molecule has 30 heavy (non-hydrogen) atoms. The summed E-state index contributed by atoms with van der Waals surface area (Å²) in [5.41, 5.74) is 1.96. The summed E-state index contributed by atoms with van der Waals surface area (Å²) in [5, 5.41) is 2.87.